The molecule has 46 heavy (non-hydrogen) atoms. The van der Waals surface area contributed by atoms with Crippen LogP contribution in [0.15, 0.2) is 81.5 Å². The summed E-state index contributed by atoms with van der Waals surface area (Å²) >= 11 is 2.88. The largest absolute Gasteiger partial charge is 0.477 e. The van der Waals surface area contributed by atoms with E-state index in [4.69, 9.17) is 14.8 Å². The Morgan fingerprint density at radius 3 is 2.48 bits per heavy atom. The summed E-state index contributed by atoms with van der Waals surface area (Å²) < 4.78 is 5.93. The second kappa shape index (κ2) is 14.3. The number of fused-ring (bicyclic) bond motifs is 2. The number of nitriles is 1. The van der Waals surface area contributed by atoms with Crippen LogP contribution < -0.4 is 10.5 Å². The van der Waals surface area contributed by atoms with Crippen molar-refractivity contribution in [3.63, 3.8) is 0 Å². The molecule has 1 aliphatic rings. The molecular weight excluding hydrogens is 613 g/mol. The number of carboxylic acid groups (broad SMARTS) is 1. The minimum atomic E-state index is -1.25. The Balaban J connectivity index is 1.21. The minimum Gasteiger partial charge on any atom is -0.477 e. The Hall–Kier alpha value is -4.45. The fraction of sp³-hybridized carbons (Fsp3) is 0.289. The standard InChI is InChI=1S/C38H36N2O4S2/c1-2-3-4-5-6-7-9-25-11-13-29(14-12-25)40-19-8-10-26-20-27-22-31(38(43)44-33(27)23-32(26)40)34-17-18-36(46-34)35-16-15-30(45-35)21-28(24-39)37(41)42/h11-18,20-23H,2-10,19H2,1H3,(H,41,42)/b28-21+. The van der Waals surface area contributed by atoms with Crippen LogP contribution in [0.5, 0.6) is 0 Å². The van der Waals surface area contributed by atoms with Gasteiger partial charge in [0.2, 0.25) is 0 Å². The van der Waals surface area contributed by atoms with E-state index in [2.05, 4.69) is 42.2 Å². The van der Waals surface area contributed by atoms with Crippen LogP contribution in [0.4, 0.5) is 11.4 Å². The highest BCUT2D eigenvalue weighted by Gasteiger charge is 2.21. The van der Waals surface area contributed by atoms with Crippen LogP contribution in [-0.4, -0.2) is 17.6 Å². The lowest BCUT2D eigenvalue weighted by Gasteiger charge is -2.31. The van der Waals surface area contributed by atoms with E-state index in [9.17, 15) is 9.59 Å². The minimum absolute atomic E-state index is 0.309. The van der Waals surface area contributed by atoms with Crippen molar-refractivity contribution in [3.05, 3.63) is 98.7 Å². The topological polar surface area (TPSA) is 94.5 Å². The average Bonchev–Trinajstić information content (AvgIpc) is 3.74. The van der Waals surface area contributed by atoms with Crippen LogP contribution in [0.1, 0.15) is 67.9 Å². The molecule has 8 heteroatoms. The van der Waals surface area contributed by atoms with Crippen molar-refractivity contribution >= 4 is 57.1 Å². The number of thiophene rings is 2. The van der Waals surface area contributed by atoms with Crippen molar-refractivity contribution < 1.29 is 14.3 Å². The molecule has 0 unspecified atom stereocenters. The smallest absolute Gasteiger partial charge is 0.346 e. The highest BCUT2D eigenvalue weighted by atomic mass is 32.1. The Kier molecular flexibility index (Phi) is 9.82. The van der Waals surface area contributed by atoms with Gasteiger partial charge in [0.05, 0.1) is 5.56 Å². The molecule has 0 amide bonds. The number of aryl methyl sites for hydroxylation is 2. The van der Waals surface area contributed by atoms with E-state index >= 15 is 0 Å². The maximum atomic E-state index is 13.3. The molecule has 5 aromatic rings. The van der Waals surface area contributed by atoms with Gasteiger partial charge in [0.1, 0.15) is 17.2 Å². The highest BCUT2D eigenvalue weighted by Crippen LogP contribution is 2.40. The van der Waals surface area contributed by atoms with Gasteiger partial charge < -0.3 is 14.4 Å². The molecule has 4 heterocycles. The van der Waals surface area contributed by atoms with Gasteiger partial charge >= 0.3 is 11.6 Å². The van der Waals surface area contributed by atoms with Gasteiger partial charge in [-0.1, -0.05) is 51.2 Å². The number of hydrogen-bond donors (Lipinski definition) is 1. The van der Waals surface area contributed by atoms with Crippen molar-refractivity contribution in [2.24, 2.45) is 0 Å². The molecule has 0 saturated carbocycles. The molecule has 6 rings (SSSR count). The van der Waals surface area contributed by atoms with Crippen molar-refractivity contribution in [2.75, 3.05) is 11.4 Å². The van der Waals surface area contributed by atoms with Crippen molar-refractivity contribution in [1.29, 1.82) is 5.26 Å². The predicted molar refractivity (Wildman–Crippen MR) is 189 cm³/mol. The maximum absolute atomic E-state index is 13.3. The number of aliphatic carboxylic acids is 1. The Morgan fingerprint density at radius 1 is 0.957 bits per heavy atom. The van der Waals surface area contributed by atoms with Gasteiger partial charge in [-0.3, -0.25) is 0 Å². The molecule has 0 bridgehead atoms. The Morgan fingerprint density at radius 2 is 1.70 bits per heavy atom. The first-order valence-electron chi connectivity index (χ1n) is 16.0. The van der Waals surface area contributed by atoms with Gasteiger partial charge in [0.15, 0.2) is 0 Å². The normalized spacial score (nSPS) is 13.1. The zero-order valence-corrected chi connectivity index (χ0v) is 27.5. The summed E-state index contributed by atoms with van der Waals surface area (Å²) in [6.07, 6.45) is 12.3. The molecule has 0 fully saturated rings. The van der Waals surface area contributed by atoms with Crippen LogP contribution in [-0.2, 0) is 17.6 Å². The average molecular weight is 649 g/mol. The first kappa shape index (κ1) is 31.5. The summed E-state index contributed by atoms with van der Waals surface area (Å²) in [5.41, 5.74) is 5.31. The molecule has 3 aromatic heterocycles. The lowest BCUT2D eigenvalue weighted by molar-refractivity contribution is -0.132. The third-order valence-electron chi connectivity index (χ3n) is 8.50. The van der Waals surface area contributed by atoms with Gasteiger partial charge in [-0.05, 0) is 91.4 Å². The summed E-state index contributed by atoms with van der Waals surface area (Å²) in [6.45, 7) is 3.17. The number of anilines is 2. The molecule has 6 nitrogen and oxygen atoms in total. The van der Waals surface area contributed by atoms with Crippen molar-refractivity contribution in [3.8, 4) is 26.3 Å². The fourth-order valence-electron chi connectivity index (χ4n) is 6.06. The summed E-state index contributed by atoms with van der Waals surface area (Å²) in [5.74, 6) is -1.25. The third-order valence-corrected chi connectivity index (χ3v) is 10.8. The summed E-state index contributed by atoms with van der Waals surface area (Å²) in [7, 11) is 0. The summed E-state index contributed by atoms with van der Waals surface area (Å²) in [5, 5.41) is 19.1. The van der Waals surface area contributed by atoms with Crippen molar-refractivity contribution in [2.45, 2.75) is 64.7 Å². The van der Waals surface area contributed by atoms with Gasteiger partial charge in [0, 0.05) is 48.9 Å². The van der Waals surface area contributed by atoms with E-state index in [1.807, 2.05) is 30.3 Å². The van der Waals surface area contributed by atoms with E-state index in [-0.39, 0.29) is 11.2 Å². The monoisotopic (exact) mass is 648 g/mol. The highest BCUT2D eigenvalue weighted by molar-refractivity contribution is 7.24. The molecule has 0 radical (unpaired) electrons. The molecule has 234 valence electrons. The number of carbonyl (C=O) groups is 1. The number of nitrogens with zero attached hydrogens (tertiary/aromatic N) is 2. The Labute approximate surface area is 276 Å². The van der Waals surface area contributed by atoms with Crippen LogP contribution in [0, 0.1) is 11.3 Å². The first-order valence-corrected chi connectivity index (χ1v) is 17.6. The first-order chi connectivity index (χ1) is 22.4. The molecule has 1 aliphatic heterocycles. The predicted octanol–water partition coefficient (Wildman–Crippen LogP) is 10.2. The zero-order chi connectivity index (χ0) is 32.0. The lowest BCUT2D eigenvalue weighted by atomic mass is 9.98. The van der Waals surface area contributed by atoms with Crippen LogP contribution in [0.25, 0.3) is 37.2 Å². The second-order valence-corrected chi connectivity index (χ2v) is 13.9. The number of carboxylic acids is 1. The van der Waals surface area contributed by atoms with E-state index in [0.29, 0.717) is 16.0 Å². The fourth-order valence-corrected chi connectivity index (χ4v) is 8.11. The van der Waals surface area contributed by atoms with Crippen LogP contribution in [0.2, 0.25) is 0 Å². The summed E-state index contributed by atoms with van der Waals surface area (Å²) in [4.78, 5) is 30.2. The number of unbranched alkanes of at least 4 members (excludes halogenated alkanes) is 5. The quantitative estimate of drug-likeness (QED) is 0.0626. The molecule has 0 atom stereocenters. The molecule has 1 N–H and O–H groups in total. The second-order valence-electron chi connectivity index (χ2n) is 11.7. The van der Waals surface area contributed by atoms with E-state index in [1.165, 1.54) is 78.4 Å². The lowest BCUT2D eigenvalue weighted by Crippen LogP contribution is -2.24. The number of benzene rings is 2. The van der Waals surface area contributed by atoms with Crippen LogP contribution in [0.3, 0.4) is 0 Å². The number of hydrogen-bond acceptors (Lipinski definition) is 7. The van der Waals surface area contributed by atoms with Crippen molar-refractivity contribution in [1.82, 2.24) is 0 Å². The van der Waals surface area contributed by atoms with E-state index < -0.39 is 5.97 Å². The van der Waals surface area contributed by atoms with E-state index in [1.54, 1.807) is 12.1 Å². The molecule has 0 spiro atoms. The van der Waals surface area contributed by atoms with Gasteiger partial charge in [-0.2, -0.15) is 5.26 Å². The van der Waals surface area contributed by atoms with E-state index in [0.717, 1.165) is 57.2 Å². The zero-order valence-electron chi connectivity index (χ0n) is 25.9. The molecule has 2 aromatic carbocycles. The molecule has 0 saturated heterocycles. The summed E-state index contributed by atoms with van der Waals surface area (Å²) in [6, 6.07) is 24.3. The molecule has 0 aliphatic carbocycles. The van der Waals surface area contributed by atoms with Crippen LogP contribution >= 0.6 is 22.7 Å². The van der Waals surface area contributed by atoms with Gasteiger partial charge in [-0.25, -0.2) is 9.59 Å². The SMILES string of the molecule is CCCCCCCCc1ccc(N2CCCc3cc4cc(-c5ccc(-c6ccc(/C=C(\C#N)C(=O)O)s6)s5)c(=O)oc4cc32)cc1. The van der Waals surface area contributed by atoms with Gasteiger partial charge in [-0.15, -0.1) is 22.7 Å². The third kappa shape index (κ3) is 7.01. The maximum Gasteiger partial charge on any atom is 0.346 e. The van der Waals surface area contributed by atoms with Gasteiger partial charge in [0.25, 0.3) is 0 Å². The number of rotatable bonds is 12. The Bertz CT molecular complexity index is 1990. The molecular formula is C38H36N2O4S2.